The number of rotatable bonds is 0. The van der Waals surface area contributed by atoms with Gasteiger partial charge in [-0.3, -0.25) is 0 Å². The zero-order valence-electron chi connectivity index (χ0n) is 9.36. The first-order valence-electron chi connectivity index (χ1n) is 5.08. The van der Waals surface area contributed by atoms with Crippen LogP contribution in [0, 0.1) is 0 Å². The molecule has 0 saturated carbocycles. The quantitative estimate of drug-likeness (QED) is 0.668. The van der Waals surface area contributed by atoms with Crippen LogP contribution in [0.25, 0.3) is 0 Å². The predicted molar refractivity (Wildman–Crippen MR) is 53.3 cm³/mol. The maximum atomic E-state index is 13.1. The lowest BCUT2D eigenvalue weighted by Gasteiger charge is -2.33. The summed E-state index contributed by atoms with van der Waals surface area (Å²) in [6.45, 7) is 5.40. The van der Waals surface area contributed by atoms with Crippen LogP contribution in [0.3, 0.4) is 0 Å². The summed E-state index contributed by atoms with van der Waals surface area (Å²) in [4.78, 5) is 12.7. The average molecular weight is 219 g/mol. The van der Waals surface area contributed by atoms with Crippen molar-refractivity contribution in [1.29, 1.82) is 0 Å². The fraction of sp³-hybridized carbons (Fsp3) is 0.900. The van der Waals surface area contributed by atoms with Crippen LogP contribution < -0.4 is 0 Å². The Kier molecular flexibility index (Phi) is 3.54. The highest BCUT2D eigenvalue weighted by Gasteiger charge is 2.31. The minimum Gasteiger partial charge on any atom is -0.444 e. The Morgan fingerprint density at radius 1 is 1.47 bits per heavy atom. The van der Waals surface area contributed by atoms with Gasteiger partial charge in [0, 0.05) is 6.42 Å². The molecule has 0 aromatic heterocycles. The molecule has 2 atom stereocenters. The minimum absolute atomic E-state index is 0.00593. The van der Waals surface area contributed by atoms with E-state index < -0.39 is 24.0 Å². The summed E-state index contributed by atoms with van der Waals surface area (Å²) >= 11 is 0. The Labute approximate surface area is 89.0 Å². The van der Waals surface area contributed by atoms with Gasteiger partial charge in [0.05, 0.1) is 19.2 Å². The van der Waals surface area contributed by atoms with Gasteiger partial charge in [-0.2, -0.15) is 0 Å². The fourth-order valence-corrected chi connectivity index (χ4v) is 1.49. The van der Waals surface area contributed by atoms with Crippen LogP contribution in [0.5, 0.6) is 0 Å². The number of halogens is 1. The van der Waals surface area contributed by atoms with Crippen LogP contribution in [0.2, 0.25) is 0 Å². The van der Waals surface area contributed by atoms with Crippen LogP contribution in [0.4, 0.5) is 9.18 Å². The van der Waals surface area contributed by atoms with Gasteiger partial charge < -0.3 is 14.7 Å². The molecule has 1 aliphatic rings. The summed E-state index contributed by atoms with van der Waals surface area (Å²) in [7, 11) is 0. The van der Waals surface area contributed by atoms with E-state index in [1.165, 1.54) is 4.90 Å². The van der Waals surface area contributed by atoms with E-state index in [0.29, 0.717) is 0 Å². The summed E-state index contributed by atoms with van der Waals surface area (Å²) in [5, 5.41) is 9.31. The van der Waals surface area contributed by atoms with Gasteiger partial charge in [0.1, 0.15) is 11.8 Å². The molecule has 4 nitrogen and oxygen atoms in total. The third kappa shape index (κ3) is 4.03. The molecule has 0 bridgehead atoms. The van der Waals surface area contributed by atoms with Crippen molar-refractivity contribution < 1.29 is 19.0 Å². The molecule has 15 heavy (non-hydrogen) atoms. The molecule has 1 fully saturated rings. The Hall–Kier alpha value is -0.840. The summed E-state index contributed by atoms with van der Waals surface area (Å²) in [6.07, 6.45) is -2.43. The number of likely N-dealkylation sites (tertiary alicyclic amines) is 1. The van der Waals surface area contributed by atoms with E-state index in [4.69, 9.17) is 4.74 Å². The largest absolute Gasteiger partial charge is 0.444 e. The maximum Gasteiger partial charge on any atom is 0.410 e. The topological polar surface area (TPSA) is 49.8 Å². The Morgan fingerprint density at radius 3 is 2.53 bits per heavy atom. The molecule has 0 aliphatic carbocycles. The summed E-state index contributed by atoms with van der Waals surface area (Å²) in [5.74, 6) is 0. The van der Waals surface area contributed by atoms with Crippen molar-refractivity contribution in [3.63, 3.8) is 0 Å². The van der Waals surface area contributed by atoms with Gasteiger partial charge >= 0.3 is 6.09 Å². The molecule has 1 saturated heterocycles. The van der Waals surface area contributed by atoms with Crippen molar-refractivity contribution in [3.05, 3.63) is 0 Å². The van der Waals surface area contributed by atoms with Crippen molar-refractivity contribution in [2.24, 2.45) is 0 Å². The molecular weight excluding hydrogens is 201 g/mol. The molecule has 1 aliphatic heterocycles. The first-order chi connectivity index (χ1) is 6.78. The van der Waals surface area contributed by atoms with Crippen LogP contribution >= 0.6 is 0 Å². The number of aliphatic hydroxyl groups is 1. The van der Waals surface area contributed by atoms with Crippen LogP contribution in [0.1, 0.15) is 27.2 Å². The number of β-amino-alcohol motifs (C(OH)–C–C–N with tert-alkyl or cyclic N) is 1. The second kappa shape index (κ2) is 4.35. The second-order valence-corrected chi connectivity index (χ2v) is 4.87. The molecule has 88 valence electrons. The molecule has 0 unspecified atom stereocenters. The van der Waals surface area contributed by atoms with E-state index >= 15 is 0 Å². The summed E-state index contributed by atoms with van der Waals surface area (Å²) in [6, 6.07) is 0. The molecule has 0 radical (unpaired) electrons. The number of hydrogen-bond acceptors (Lipinski definition) is 3. The van der Waals surface area contributed by atoms with E-state index in [1.54, 1.807) is 20.8 Å². The number of aliphatic hydroxyl groups excluding tert-OH is 1. The summed E-state index contributed by atoms with van der Waals surface area (Å²) < 4.78 is 18.2. The standard InChI is InChI=1S/C10H18FNO3/c1-10(2,3)15-9(14)12-5-7(11)4-8(13)6-12/h7-8,13H,4-6H2,1-3H3/t7-,8-/m0/s1. The van der Waals surface area contributed by atoms with Crippen molar-refractivity contribution in [3.8, 4) is 0 Å². The molecule has 1 heterocycles. The van der Waals surface area contributed by atoms with Crippen molar-refractivity contribution >= 4 is 6.09 Å². The molecule has 1 amide bonds. The first-order valence-corrected chi connectivity index (χ1v) is 5.08. The Balaban J connectivity index is 2.52. The van der Waals surface area contributed by atoms with E-state index in [0.717, 1.165) is 0 Å². The number of carbonyl (C=O) groups excluding carboxylic acids is 1. The van der Waals surface area contributed by atoms with Gasteiger partial charge in [0.15, 0.2) is 0 Å². The number of nitrogens with zero attached hydrogens (tertiary/aromatic N) is 1. The zero-order chi connectivity index (χ0) is 11.6. The number of alkyl halides is 1. The van der Waals surface area contributed by atoms with E-state index in [-0.39, 0.29) is 19.5 Å². The van der Waals surface area contributed by atoms with Crippen molar-refractivity contribution in [1.82, 2.24) is 4.90 Å². The van der Waals surface area contributed by atoms with Gasteiger partial charge in [-0.05, 0) is 20.8 Å². The van der Waals surface area contributed by atoms with Gasteiger partial charge in [0.2, 0.25) is 0 Å². The predicted octanol–water partition coefficient (Wildman–Crippen LogP) is 1.33. The molecular formula is C10H18FNO3. The minimum atomic E-state index is -1.17. The van der Waals surface area contributed by atoms with Crippen LogP contribution in [0.15, 0.2) is 0 Å². The molecule has 0 aromatic rings. The van der Waals surface area contributed by atoms with Gasteiger partial charge in [-0.1, -0.05) is 0 Å². The number of piperidine rings is 1. The lowest BCUT2D eigenvalue weighted by Crippen LogP contribution is -2.48. The third-order valence-electron chi connectivity index (χ3n) is 2.03. The molecule has 0 aromatic carbocycles. The number of carbonyl (C=O) groups is 1. The maximum absolute atomic E-state index is 13.1. The van der Waals surface area contributed by atoms with Gasteiger partial charge in [0.25, 0.3) is 0 Å². The smallest absolute Gasteiger partial charge is 0.410 e. The Morgan fingerprint density at radius 2 is 2.07 bits per heavy atom. The molecule has 1 N–H and O–H groups in total. The molecule has 5 heteroatoms. The fourth-order valence-electron chi connectivity index (χ4n) is 1.49. The van der Waals surface area contributed by atoms with Crippen molar-refractivity contribution in [2.75, 3.05) is 13.1 Å². The Bertz CT molecular complexity index is 229. The van der Waals surface area contributed by atoms with E-state index in [2.05, 4.69) is 0 Å². The number of amides is 1. The monoisotopic (exact) mass is 219 g/mol. The zero-order valence-corrected chi connectivity index (χ0v) is 9.36. The second-order valence-electron chi connectivity index (χ2n) is 4.87. The highest BCUT2D eigenvalue weighted by molar-refractivity contribution is 5.68. The highest BCUT2D eigenvalue weighted by atomic mass is 19.1. The molecule has 0 spiro atoms. The summed E-state index contributed by atoms with van der Waals surface area (Å²) in [5.41, 5.74) is -0.592. The molecule has 1 rings (SSSR count). The lowest BCUT2D eigenvalue weighted by atomic mass is 10.1. The van der Waals surface area contributed by atoms with E-state index in [9.17, 15) is 14.3 Å². The third-order valence-corrected chi connectivity index (χ3v) is 2.03. The van der Waals surface area contributed by atoms with Gasteiger partial charge in [-0.25, -0.2) is 9.18 Å². The number of ether oxygens (including phenoxy) is 1. The normalized spacial score (nSPS) is 27.7. The van der Waals surface area contributed by atoms with Crippen LogP contribution in [-0.2, 0) is 4.74 Å². The van der Waals surface area contributed by atoms with Crippen LogP contribution in [-0.4, -0.2) is 47.1 Å². The SMILES string of the molecule is CC(C)(C)OC(=O)N1C[C@@H](O)C[C@H](F)C1. The van der Waals surface area contributed by atoms with E-state index in [1.807, 2.05) is 0 Å². The number of hydrogen-bond donors (Lipinski definition) is 1. The van der Waals surface area contributed by atoms with Crippen molar-refractivity contribution in [2.45, 2.75) is 45.1 Å². The lowest BCUT2D eigenvalue weighted by molar-refractivity contribution is -0.0124. The average Bonchev–Trinajstić information content (AvgIpc) is 1.98. The highest BCUT2D eigenvalue weighted by Crippen LogP contribution is 2.17. The first kappa shape index (κ1) is 12.2. The van der Waals surface area contributed by atoms with Gasteiger partial charge in [-0.15, -0.1) is 0 Å².